The molecule has 0 unspecified atom stereocenters. The van der Waals surface area contributed by atoms with Crippen LogP contribution in [-0.4, -0.2) is 43.6 Å². The predicted octanol–water partition coefficient (Wildman–Crippen LogP) is 3.79. The summed E-state index contributed by atoms with van der Waals surface area (Å²) in [4.78, 5) is 35.5. The molecule has 0 radical (unpaired) electrons. The summed E-state index contributed by atoms with van der Waals surface area (Å²) in [5.41, 5.74) is 0.885. The number of pyridine rings is 1. The summed E-state index contributed by atoms with van der Waals surface area (Å²) in [5.74, 6) is 1.52. The minimum absolute atomic E-state index is 0.0255. The van der Waals surface area contributed by atoms with Crippen molar-refractivity contribution >= 4 is 51.7 Å². The molecule has 0 N–H and O–H groups in total. The molecule has 8 heteroatoms. The van der Waals surface area contributed by atoms with Gasteiger partial charge in [0.25, 0.3) is 11.5 Å². The zero-order valence-electron chi connectivity index (χ0n) is 17.7. The Kier molecular flexibility index (Phi) is 5.72. The third-order valence-electron chi connectivity index (χ3n) is 5.53. The molecule has 0 bridgehead atoms. The third kappa shape index (κ3) is 3.78. The monoisotopic (exact) mass is 442 g/mol. The molecule has 0 saturated carbocycles. The van der Waals surface area contributed by atoms with Gasteiger partial charge in [-0.1, -0.05) is 43.9 Å². The highest BCUT2D eigenvalue weighted by Crippen LogP contribution is 2.35. The van der Waals surface area contributed by atoms with Crippen molar-refractivity contribution in [2.45, 2.75) is 40.2 Å². The average Bonchev–Trinajstić information content (AvgIpc) is 2.96. The van der Waals surface area contributed by atoms with E-state index in [4.69, 9.17) is 17.2 Å². The molecule has 2 aromatic rings. The highest BCUT2D eigenvalue weighted by molar-refractivity contribution is 8.26. The maximum atomic E-state index is 13.4. The largest absolute Gasteiger partial charge is 0.355 e. The zero-order valence-corrected chi connectivity index (χ0v) is 19.3. The van der Waals surface area contributed by atoms with Crippen LogP contribution >= 0.6 is 24.0 Å². The Morgan fingerprint density at radius 3 is 2.53 bits per heavy atom. The van der Waals surface area contributed by atoms with E-state index in [-0.39, 0.29) is 17.5 Å². The Bertz CT molecular complexity index is 1100. The highest BCUT2D eigenvalue weighted by atomic mass is 32.2. The zero-order chi connectivity index (χ0) is 21.6. The fourth-order valence-electron chi connectivity index (χ4n) is 4.35. The van der Waals surface area contributed by atoms with Crippen LogP contribution in [0.15, 0.2) is 34.1 Å². The van der Waals surface area contributed by atoms with Gasteiger partial charge in [0.15, 0.2) is 0 Å². The molecule has 30 heavy (non-hydrogen) atoms. The molecule has 158 valence electrons. The van der Waals surface area contributed by atoms with Crippen molar-refractivity contribution in [3.8, 4) is 0 Å². The Labute approximate surface area is 186 Å². The maximum Gasteiger partial charge on any atom is 0.267 e. The van der Waals surface area contributed by atoms with E-state index in [0.717, 1.165) is 19.5 Å². The molecular formula is C22H26N4O2S2. The van der Waals surface area contributed by atoms with Gasteiger partial charge in [-0.25, -0.2) is 4.98 Å². The van der Waals surface area contributed by atoms with Crippen molar-refractivity contribution in [3.05, 3.63) is 45.2 Å². The summed E-state index contributed by atoms with van der Waals surface area (Å²) >= 11 is 6.65. The number of thioether (sulfide) groups is 1. The summed E-state index contributed by atoms with van der Waals surface area (Å²) in [6.45, 7) is 10.00. The van der Waals surface area contributed by atoms with Crippen LogP contribution in [0.5, 0.6) is 0 Å². The van der Waals surface area contributed by atoms with Crippen LogP contribution in [0.2, 0.25) is 0 Å². The van der Waals surface area contributed by atoms with E-state index in [1.54, 1.807) is 17.2 Å². The van der Waals surface area contributed by atoms with Crippen LogP contribution in [0.3, 0.4) is 0 Å². The second-order valence-corrected chi connectivity index (χ2v) is 10.3. The number of hydrogen-bond donors (Lipinski definition) is 0. The lowest BCUT2D eigenvalue weighted by molar-refractivity contribution is -0.123. The van der Waals surface area contributed by atoms with Gasteiger partial charge in [-0.15, -0.1) is 0 Å². The van der Waals surface area contributed by atoms with E-state index in [9.17, 15) is 9.59 Å². The molecule has 0 aromatic carbocycles. The lowest BCUT2D eigenvalue weighted by Crippen LogP contribution is -2.40. The Hall–Kier alpha value is -2.19. The van der Waals surface area contributed by atoms with E-state index < -0.39 is 0 Å². The minimum atomic E-state index is -0.170. The van der Waals surface area contributed by atoms with E-state index in [1.807, 2.05) is 32.0 Å². The quantitative estimate of drug-likeness (QED) is 0.533. The van der Waals surface area contributed by atoms with Gasteiger partial charge in [-0.2, -0.15) is 0 Å². The number of piperidine rings is 1. The smallest absolute Gasteiger partial charge is 0.267 e. The number of thiocarbonyl (C=S) groups is 1. The second kappa shape index (κ2) is 8.15. The number of amides is 1. The SMILES string of the molecule is CC(C)N1C(=O)/C(=C\c2c(N3C[C@@H](C)C[C@H](C)C3)nc3ccccn3c2=O)SC1=S. The molecule has 4 heterocycles. The second-order valence-electron chi connectivity index (χ2n) is 8.58. The fourth-order valence-corrected chi connectivity index (χ4v) is 5.86. The molecule has 0 spiro atoms. The standard InChI is InChI=1S/C22H26N4O2S2/c1-13(2)26-21(28)17(30-22(26)29)10-16-19(24-11-14(3)9-15(4)12-24)23-18-7-5-6-8-25(18)20(16)27/h5-8,10,13-15H,9,11-12H2,1-4H3/b17-10+/t14-,15-/m0/s1. The topological polar surface area (TPSA) is 57.9 Å². The van der Waals surface area contributed by atoms with Crippen molar-refractivity contribution < 1.29 is 4.79 Å². The number of aromatic nitrogens is 2. The molecule has 2 saturated heterocycles. The van der Waals surface area contributed by atoms with Crippen LogP contribution in [0, 0.1) is 11.8 Å². The van der Waals surface area contributed by atoms with E-state index >= 15 is 0 Å². The molecule has 0 aliphatic carbocycles. The number of carbonyl (C=O) groups is 1. The number of rotatable bonds is 3. The molecule has 2 aromatic heterocycles. The lowest BCUT2D eigenvalue weighted by atomic mass is 9.91. The lowest BCUT2D eigenvalue weighted by Gasteiger charge is -2.36. The van der Waals surface area contributed by atoms with Crippen molar-refractivity contribution in [1.82, 2.24) is 14.3 Å². The van der Waals surface area contributed by atoms with E-state index in [2.05, 4.69) is 18.7 Å². The molecule has 2 fully saturated rings. The first-order valence-corrected chi connectivity index (χ1v) is 11.5. The van der Waals surface area contributed by atoms with Gasteiger partial charge in [0.05, 0.1) is 10.5 Å². The summed E-state index contributed by atoms with van der Waals surface area (Å²) < 4.78 is 2.06. The number of nitrogens with zero attached hydrogens (tertiary/aromatic N) is 4. The normalized spacial score (nSPS) is 24.0. The van der Waals surface area contributed by atoms with E-state index in [0.29, 0.717) is 38.1 Å². The first-order chi connectivity index (χ1) is 14.3. The number of hydrogen-bond acceptors (Lipinski definition) is 6. The first kappa shape index (κ1) is 21.1. The van der Waals surface area contributed by atoms with Crippen LogP contribution < -0.4 is 10.5 Å². The number of anilines is 1. The van der Waals surface area contributed by atoms with E-state index in [1.165, 1.54) is 16.2 Å². The average molecular weight is 443 g/mol. The fraction of sp³-hybridized carbons (Fsp3) is 0.455. The minimum Gasteiger partial charge on any atom is -0.355 e. The van der Waals surface area contributed by atoms with Gasteiger partial charge in [0, 0.05) is 25.3 Å². The summed E-state index contributed by atoms with van der Waals surface area (Å²) in [6, 6.07) is 5.50. The van der Waals surface area contributed by atoms with Crippen molar-refractivity contribution in [3.63, 3.8) is 0 Å². The van der Waals surface area contributed by atoms with Gasteiger partial charge in [0.2, 0.25) is 0 Å². The summed E-state index contributed by atoms with van der Waals surface area (Å²) in [6.07, 6.45) is 4.56. The van der Waals surface area contributed by atoms with Crippen LogP contribution in [0.4, 0.5) is 5.82 Å². The molecule has 1 amide bonds. The van der Waals surface area contributed by atoms with Gasteiger partial charge in [-0.3, -0.25) is 18.9 Å². The molecular weight excluding hydrogens is 416 g/mol. The van der Waals surface area contributed by atoms with Crippen LogP contribution in [0.1, 0.15) is 39.7 Å². The van der Waals surface area contributed by atoms with Crippen molar-refractivity contribution in [2.24, 2.45) is 11.8 Å². The van der Waals surface area contributed by atoms with Crippen LogP contribution in [-0.2, 0) is 4.79 Å². The molecule has 6 nitrogen and oxygen atoms in total. The molecule has 2 aliphatic heterocycles. The van der Waals surface area contributed by atoms with Crippen LogP contribution in [0.25, 0.3) is 11.7 Å². The Morgan fingerprint density at radius 1 is 1.20 bits per heavy atom. The Morgan fingerprint density at radius 2 is 1.90 bits per heavy atom. The summed E-state index contributed by atoms with van der Waals surface area (Å²) in [5, 5.41) is 0. The Balaban J connectivity index is 1.88. The van der Waals surface area contributed by atoms with Gasteiger partial charge < -0.3 is 4.90 Å². The van der Waals surface area contributed by atoms with Gasteiger partial charge in [-0.05, 0) is 50.3 Å². The number of carbonyl (C=O) groups excluding carboxylic acids is 1. The van der Waals surface area contributed by atoms with Crippen molar-refractivity contribution in [2.75, 3.05) is 18.0 Å². The van der Waals surface area contributed by atoms with Crippen molar-refractivity contribution in [1.29, 1.82) is 0 Å². The molecule has 2 aliphatic rings. The molecule has 2 atom stereocenters. The first-order valence-electron chi connectivity index (χ1n) is 10.3. The maximum absolute atomic E-state index is 13.4. The predicted molar refractivity (Wildman–Crippen MR) is 127 cm³/mol. The van der Waals surface area contributed by atoms with Gasteiger partial charge >= 0.3 is 0 Å². The summed E-state index contributed by atoms with van der Waals surface area (Å²) in [7, 11) is 0. The molecule has 4 rings (SSSR count). The van der Waals surface area contributed by atoms with Gasteiger partial charge in [0.1, 0.15) is 15.8 Å². The number of fused-ring (bicyclic) bond motifs is 1. The highest BCUT2D eigenvalue weighted by Gasteiger charge is 2.35. The third-order valence-corrected chi connectivity index (χ3v) is 6.86.